The number of carbonyl (C=O) groups is 1. The van der Waals surface area contributed by atoms with Crippen LogP contribution in [0.5, 0.6) is 11.5 Å². The van der Waals surface area contributed by atoms with Gasteiger partial charge in [0.05, 0.1) is 43.9 Å². The molecule has 1 amide bonds. The molecule has 3 aromatic rings. The monoisotopic (exact) mass is 671 g/mol. The smallest absolute Gasteiger partial charge is 0.280 e. The Balaban J connectivity index is 1.62. The molecule has 258 valence electrons. The number of aryl methyl sites for hydroxylation is 1. The summed E-state index contributed by atoms with van der Waals surface area (Å²) in [5, 5.41) is 10.1. The molecule has 1 aliphatic heterocycles. The highest BCUT2D eigenvalue weighted by Gasteiger charge is 2.31. The molecule has 2 heterocycles. The summed E-state index contributed by atoms with van der Waals surface area (Å²) in [7, 11) is 1.38. The Morgan fingerprint density at radius 2 is 1.91 bits per heavy atom. The second-order valence-corrected chi connectivity index (χ2v) is 14.2. The van der Waals surface area contributed by atoms with Crippen LogP contribution in [0.4, 0.5) is 5.69 Å². The van der Waals surface area contributed by atoms with Gasteiger partial charge in [-0.15, -0.1) is 0 Å². The number of sulfonamides is 1. The van der Waals surface area contributed by atoms with Gasteiger partial charge in [-0.2, -0.15) is 8.42 Å². The molecule has 2 aromatic carbocycles. The zero-order chi connectivity index (χ0) is 34.1. The Hall–Kier alpha value is -3.65. The number of amides is 1. The van der Waals surface area contributed by atoms with E-state index in [2.05, 4.69) is 21.5 Å². The van der Waals surface area contributed by atoms with Gasteiger partial charge in [0.25, 0.3) is 15.9 Å². The predicted octanol–water partition coefficient (Wildman–Crippen LogP) is 4.16. The summed E-state index contributed by atoms with van der Waals surface area (Å²) in [6, 6.07) is 12.2. The number of benzene rings is 2. The summed E-state index contributed by atoms with van der Waals surface area (Å²) < 4.78 is 48.2. The fourth-order valence-corrected chi connectivity index (χ4v) is 6.63. The Morgan fingerprint density at radius 1 is 1.17 bits per heavy atom. The molecule has 13 heteroatoms. The SMILES string of the molecule is COc1ccc(CN(C)C[C@@H]2OCCCC[C@@H](C)Oc3ccc(NS(=O)(=O)c4cn(C)cn4)cc3C(=O)N([C@H](C)CO)C[C@H]2C)cc1. The van der Waals surface area contributed by atoms with E-state index in [1.807, 2.05) is 38.2 Å². The van der Waals surface area contributed by atoms with Gasteiger partial charge in [-0.25, -0.2) is 4.98 Å². The van der Waals surface area contributed by atoms with E-state index in [0.29, 0.717) is 32.0 Å². The van der Waals surface area contributed by atoms with Crippen molar-refractivity contribution in [3.8, 4) is 11.5 Å². The fourth-order valence-electron chi connectivity index (χ4n) is 5.60. The molecule has 0 saturated carbocycles. The van der Waals surface area contributed by atoms with Crippen molar-refractivity contribution < 1.29 is 32.5 Å². The minimum absolute atomic E-state index is 0.0941. The van der Waals surface area contributed by atoms with Crippen molar-refractivity contribution in [3.63, 3.8) is 0 Å². The molecule has 0 spiro atoms. The van der Waals surface area contributed by atoms with Gasteiger partial charge < -0.3 is 28.8 Å². The Morgan fingerprint density at radius 3 is 2.57 bits per heavy atom. The number of hydrogen-bond donors (Lipinski definition) is 2. The van der Waals surface area contributed by atoms with Crippen molar-refractivity contribution >= 4 is 21.6 Å². The Labute approximate surface area is 278 Å². The predicted molar refractivity (Wildman–Crippen MR) is 180 cm³/mol. The van der Waals surface area contributed by atoms with Gasteiger partial charge in [0.1, 0.15) is 11.5 Å². The molecule has 1 aliphatic rings. The summed E-state index contributed by atoms with van der Waals surface area (Å²) in [6.45, 7) is 7.78. The average molecular weight is 672 g/mol. The Bertz CT molecular complexity index is 1560. The van der Waals surface area contributed by atoms with Gasteiger partial charge >= 0.3 is 0 Å². The standard InChI is InChI=1S/C34H49N5O7S/c1-24-18-39(25(2)22-40)34(41)30-17-28(36-47(42,43)33-21-38(5)23-35-33)12-15-31(30)46-26(3)9-7-8-16-45-32(24)20-37(4)19-27-10-13-29(44-6)14-11-27/h10-15,17,21,23-26,32,36,40H,7-9,16,18-20,22H2,1-6H3/t24-,25-,26-,32+/m1/s1. The van der Waals surface area contributed by atoms with Crippen molar-refractivity contribution in [1.29, 1.82) is 0 Å². The van der Waals surface area contributed by atoms with E-state index in [1.165, 1.54) is 18.6 Å². The van der Waals surface area contributed by atoms with Crippen LogP contribution in [0.2, 0.25) is 0 Å². The largest absolute Gasteiger partial charge is 0.497 e. The van der Waals surface area contributed by atoms with Gasteiger partial charge in [-0.05, 0) is 76.1 Å². The van der Waals surface area contributed by atoms with Crippen molar-refractivity contribution in [2.45, 2.75) is 69.9 Å². The van der Waals surface area contributed by atoms with E-state index in [9.17, 15) is 18.3 Å². The molecule has 0 fully saturated rings. The number of aliphatic hydroxyl groups excluding tert-OH is 1. The number of imidazole rings is 1. The van der Waals surface area contributed by atoms with Crippen molar-refractivity contribution in [3.05, 3.63) is 66.1 Å². The van der Waals surface area contributed by atoms with Crippen LogP contribution in [0.3, 0.4) is 0 Å². The first-order valence-electron chi connectivity index (χ1n) is 16.1. The molecular weight excluding hydrogens is 622 g/mol. The van der Waals surface area contributed by atoms with Gasteiger partial charge in [0.2, 0.25) is 0 Å². The summed E-state index contributed by atoms with van der Waals surface area (Å²) >= 11 is 0. The van der Waals surface area contributed by atoms with Crippen LogP contribution < -0.4 is 14.2 Å². The summed E-state index contributed by atoms with van der Waals surface area (Å²) in [5.41, 5.74) is 1.55. The normalized spacial score (nSPS) is 20.6. The zero-order valence-corrected chi connectivity index (χ0v) is 29.1. The number of anilines is 1. The number of aliphatic hydroxyl groups is 1. The van der Waals surface area contributed by atoms with Crippen LogP contribution >= 0.6 is 0 Å². The van der Waals surface area contributed by atoms with E-state index in [-0.39, 0.29) is 46.9 Å². The number of hydrogen-bond acceptors (Lipinski definition) is 9. The molecular formula is C34H49N5O7S. The quantitative estimate of drug-likeness (QED) is 0.326. The van der Waals surface area contributed by atoms with Crippen LogP contribution in [0.25, 0.3) is 0 Å². The summed E-state index contributed by atoms with van der Waals surface area (Å²) in [4.78, 5) is 22.1. The minimum atomic E-state index is -4.00. The third-order valence-electron chi connectivity index (χ3n) is 8.36. The second kappa shape index (κ2) is 16.4. The molecule has 4 atom stereocenters. The first kappa shape index (κ1) is 36.2. The van der Waals surface area contributed by atoms with E-state index >= 15 is 0 Å². The molecule has 0 radical (unpaired) electrons. The molecule has 0 unspecified atom stereocenters. The first-order chi connectivity index (χ1) is 22.4. The number of likely N-dealkylation sites (N-methyl/N-ethyl adjacent to an activating group) is 1. The van der Waals surface area contributed by atoms with E-state index in [0.717, 1.165) is 30.6 Å². The molecule has 0 bridgehead atoms. The zero-order valence-electron chi connectivity index (χ0n) is 28.3. The van der Waals surface area contributed by atoms with Crippen LogP contribution in [-0.2, 0) is 28.4 Å². The molecule has 47 heavy (non-hydrogen) atoms. The number of aromatic nitrogens is 2. The maximum absolute atomic E-state index is 14.4. The molecule has 4 rings (SSSR count). The van der Waals surface area contributed by atoms with Gasteiger partial charge in [-0.1, -0.05) is 19.1 Å². The average Bonchev–Trinajstić information content (AvgIpc) is 3.50. The number of methoxy groups -OCH3 is 1. The third kappa shape index (κ3) is 9.92. The van der Waals surface area contributed by atoms with Crippen molar-refractivity contribution in [2.75, 3.05) is 45.2 Å². The summed E-state index contributed by atoms with van der Waals surface area (Å²) in [6.07, 6.45) is 4.90. The number of rotatable bonds is 10. The number of fused-ring (bicyclic) bond motifs is 1. The van der Waals surface area contributed by atoms with Gasteiger partial charge in [0, 0.05) is 51.1 Å². The lowest BCUT2D eigenvalue weighted by molar-refractivity contribution is -0.0177. The number of ether oxygens (including phenoxy) is 3. The van der Waals surface area contributed by atoms with E-state index in [1.54, 1.807) is 42.7 Å². The topological polar surface area (TPSA) is 135 Å². The highest BCUT2D eigenvalue weighted by atomic mass is 32.2. The fraction of sp³-hybridized carbons (Fsp3) is 0.529. The van der Waals surface area contributed by atoms with Crippen molar-refractivity contribution in [2.24, 2.45) is 13.0 Å². The highest BCUT2D eigenvalue weighted by molar-refractivity contribution is 7.92. The maximum Gasteiger partial charge on any atom is 0.280 e. The molecule has 2 N–H and O–H groups in total. The molecule has 0 saturated heterocycles. The van der Waals surface area contributed by atoms with Crippen molar-refractivity contribution in [1.82, 2.24) is 19.4 Å². The Kier molecular flexibility index (Phi) is 12.7. The molecule has 1 aromatic heterocycles. The molecule has 0 aliphatic carbocycles. The van der Waals surface area contributed by atoms with Crippen LogP contribution in [0.1, 0.15) is 56.0 Å². The lowest BCUT2D eigenvalue weighted by Crippen LogP contribution is -2.47. The second-order valence-electron chi connectivity index (χ2n) is 12.5. The van der Waals surface area contributed by atoms with E-state index in [4.69, 9.17) is 14.2 Å². The lowest BCUT2D eigenvalue weighted by Gasteiger charge is -2.36. The maximum atomic E-state index is 14.4. The van der Waals surface area contributed by atoms with Crippen LogP contribution in [0, 0.1) is 5.92 Å². The number of carbonyl (C=O) groups excluding carboxylic acids is 1. The number of nitrogens with one attached hydrogen (secondary N) is 1. The minimum Gasteiger partial charge on any atom is -0.497 e. The van der Waals surface area contributed by atoms with Gasteiger partial charge in [-0.3, -0.25) is 14.4 Å². The first-order valence-corrected chi connectivity index (χ1v) is 17.5. The van der Waals surface area contributed by atoms with Gasteiger partial charge in [0.15, 0.2) is 5.03 Å². The van der Waals surface area contributed by atoms with Crippen LogP contribution in [-0.4, -0.2) is 97.5 Å². The third-order valence-corrected chi connectivity index (χ3v) is 9.63. The molecule has 12 nitrogen and oxygen atoms in total. The highest BCUT2D eigenvalue weighted by Crippen LogP contribution is 2.29. The number of nitrogens with zero attached hydrogens (tertiary/aromatic N) is 4. The lowest BCUT2D eigenvalue weighted by atomic mass is 10.0. The van der Waals surface area contributed by atoms with Crippen LogP contribution in [0.15, 0.2) is 60.0 Å². The summed E-state index contributed by atoms with van der Waals surface area (Å²) in [5.74, 6) is 0.696. The van der Waals surface area contributed by atoms with E-state index < -0.39 is 16.1 Å².